The number of pyridine rings is 1. The van der Waals surface area contributed by atoms with Crippen molar-refractivity contribution in [2.75, 3.05) is 13.1 Å². The maximum atomic E-state index is 14.1. The maximum Gasteiger partial charge on any atom is 0.197 e. The fourth-order valence-electron chi connectivity index (χ4n) is 3.33. The minimum absolute atomic E-state index is 0.0323. The van der Waals surface area contributed by atoms with Crippen LogP contribution in [0.15, 0.2) is 36.8 Å². The van der Waals surface area contributed by atoms with Gasteiger partial charge in [-0.1, -0.05) is 0 Å². The summed E-state index contributed by atoms with van der Waals surface area (Å²) in [6.45, 7) is 2.13. The Bertz CT molecular complexity index is 1140. The van der Waals surface area contributed by atoms with Gasteiger partial charge in [0.25, 0.3) is 0 Å². The molecule has 0 unspecified atom stereocenters. The summed E-state index contributed by atoms with van der Waals surface area (Å²) >= 11 is 0. The van der Waals surface area contributed by atoms with E-state index in [0.717, 1.165) is 30.5 Å². The van der Waals surface area contributed by atoms with Crippen LogP contribution >= 0.6 is 0 Å². The van der Waals surface area contributed by atoms with Gasteiger partial charge in [-0.3, -0.25) is 4.98 Å². The van der Waals surface area contributed by atoms with Crippen LogP contribution in [0.2, 0.25) is 0 Å². The van der Waals surface area contributed by atoms with Crippen LogP contribution in [0.1, 0.15) is 17.3 Å². The molecule has 0 atom stereocenters. The zero-order chi connectivity index (χ0) is 17.7. The van der Waals surface area contributed by atoms with Crippen molar-refractivity contribution < 1.29 is 8.78 Å². The van der Waals surface area contributed by atoms with E-state index in [1.807, 2.05) is 10.6 Å². The van der Waals surface area contributed by atoms with Crippen molar-refractivity contribution in [1.82, 2.24) is 29.8 Å². The maximum absolute atomic E-state index is 14.1. The Labute approximate surface area is 146 Å². The zero-order valence-electron chi connectivity index (χ0n) is 13.7. The smallest absolute Gasteiger partial charge is 0.197 e. The molecule has 1 N–H and O–H groups in total. The molecule has 3 aromatic heterocycles. The highest BCUT2D eigenvalue weighted by molar-refractivity contribution is 5.82. The first-order chi connectivity index (χ1) is 12.7. The Hall–Kier alpha value is -3.00. The molecule has 8 heteroatoms. The average molecular weight is 352 g/mol. The molecule has 26 heavy (non-hydrogen) atoms. The SMILES string of the molecule is Fc1ccc2c(Cn3c(C4CNC4)nc4nccnc43)ccnc2c1F. The first-order valence-electron chi connectivity index (χ1n) is 8.32. The third-order valence-electron chi connectivity index (χ3n) is 4.78. The summed E-state index contributed by atoms with van der Waals surface area (Å²) in [5.74, 6) is -0.642. The summed E-state index contributed by atoms with van der Waals surface area (Å²) in [7, 11) is 0. The quantitative estimate of drug-likeness (QED) is 0.613. The van der Waals surface area contributed by atoms with E-state index < -0.39 is 11.6 Å². The summed E-state index contributed by atoms with van der Waals surface area (Å²) in [6, 6.07) is 4.50. The lowest BCUT2D eigenvalue weighted by Gasteiger charge is -2.27. The summed E-state index contributed by atoms with van der Waals surface area (Å²) in [4.78, 5) is 17.4. The molecular weight excluding hydrogens is 338 g/mol. The lowest BCUT2D eigenvalue weighted by Crippen LogP contribution is -2.41. The van der Waals surface area contributed by atoms with Crippen molar-refractivity contribution in [1.29, 1.82) is 0 Å². The Kier molecular flexibility index (Phi) is 3.39. The van der Waals surface area contributed by atoms with E-state index in [9.17, 15) is 8.78 Å². The van der Waals surface area contributed by atoms with E-state index in [1.165, 1.54) is 6.20 Å². The molecule has 130 valence electrons. The minimum atomic E-state index is -0.928. The number of benzene rings is 1. The molecular formula is C18H14F2N6. The summed E-state index contributed by atoms with van der Waals surface area (Å²) < 4.78 is 29.6. The van der Waals surface area contributed by atoms with Crippen molar-refractivity contribution in [3.63, 3.8) is 0 Å². The van der Waals surface area contributed by atoms with Crippen LogP contribution in [0.25, 0.3) is 22.2 Å². The van der Waals surface area contributed by atoms with Gasteiger partial charge in [-0.25, -0.2) is 23.7 Å². The first kappa shape index (κ1) is 15.3. The number of nitrogens with zero attached hydrogens (tertiary/aromatic N) is 5. The number of halogens is 2. The van der Waals surface area contributed by atoms with Gasteiger partial charge in [0, 0.05) is 43.0 Å². The molecule has 4 heterocycles. The molecule has 1 aromatic carbocycles. The van der Waals surface area contributed by atoms with E-state index in [-0.39, 0.29) is 11.4 Å². The summed E-state index contributed by atoms with van der Waals surface area (Å²) in [5, 5.41) is 3.82. The van der Waals surface area contributed by atoms with Crippen LogP contribution in [0.5, 0.6) is 0 Å². The van der Waals surface area contributed by atoms with Gasteiger partial charge in [0.05, 0.1) is 6.54 Å². The van der Waals surface area contributed by atoms with E-state index >= 15 is 0 Å². The molecule has 1 aliphatic rings. The van der Waals surface area contributed by atoms with Crippen LogP contribution < -0.4 is 5.32 Å². The van der Waals surface area contributed by atoms with Gasteiger partial charge in [0.2, 0.25) is 0 Å². The van der Waals surface area contributed by atoms with Crippen molar-refractivity contribution >= 4 is 22.2 Å². The molecule has 1 fully saturated rings. The fraction of sp³-hybridized carbons (Fsp3) is 0.222. The predicted octanol–water partition coefficient (Wildman–Crippen LogP) is 2.39. The molecule has 1 aliphatic heterocycles. The summed E-state index contributed by atoms with van der Waals surface area (Å²) in [5.41, 5.74) is 2.13. The van der Waals surface area contributed by atoms with E-state index in [2.05, 4.69) is 25.3 Å². The highest BCUT2D eigenvalue weighted by Crippen LogP contribution is 2.27. The molecule has 0 spiro atoms. The van der Waals surface area contributed by atoms with E-state index in [0.29, 0.717) is 23.2 Å². The fourth-order valence-corrected chi connectivity index (χ4v) is 3.33. The molecule has 1 saturated heterocycles. The normalized spacial score (nSPS) is 14.8. The Morgan fingerprint density at radius 1 is 1.04 bits per heavy atom. The molecule has 4 aromatic rings. The molecule has 0 amide bonds. The van der Waals surface area contributed by atoms with Gasteiger partial charge in [-0.2, -0.15) is 0 Å². The number of fused-ring (bicyclic) bond motifs is 2. The second-order valence-corrected chi connectivity index (χ2v) is 6.34. The number of nitrogens with one attached hydrogen (secondary N) is 1. The largest absolute Gasteiger partial charge is 0.315 e. The van der Waals surface area contributed by atoms with Gasteiger partial charge in [-0.15, -0.1) is 0 Å². The van der Waals surface area contributed by atoms with E-state index in [1.54, 1.807) is 18.5 Å². The molecule has 0 bridgehead atoms. The standard InChI is InChI=1S/C18H14F2N6/c19-13-2-1-12-10(3-4-22-15(12)14(13)20)9-26-17(11-7-21-8-11)25-16-18(26)24-6-5-23-16/h1-6,11,21H,7-9H2. The highest BCUT2D eigenvalue weighted by Gasteiger charge is 2.26. The summed E-state index contributed by atoms with van der Waals surface area (Å²) in [6.07, 6.45) is 4.74. The molecule has 6 nitrogen and oxygen atoms in total. The monoisotopic (exact) mass is 352 g/mol. The lowest BCUT2D eigenvalue weighted by atomic mass is 10.0. The van der Waals surface area contributed by atoms with Crippen molar-refractivity contribution in [3.05, 3.63) is 59.8 Å². The van der Waals surface area contributed by atoms with Crippen LogP contribution in [0, 0.1) is 11.6 Å². The number of imidazole rings is 1. The first-order valence-corrected chi connectivity index (χ1v) is 8.32. The molecule has 0 saturated carbocycles. The van der Waals surface area contributed by atoms with Gasteiger partial charge in [0.15, 0.2) is 22.9 Å². The number of rotatable bonds is 3. The van der Waals surface area contributed by atoms with Crippen molar-refractivity contribution in [2.45, 2.75) is 12.5 Å². The predicted molar refractivity (Wildman–Crippen MR) is 91.7 cm³/mol. The zero-order valence-corrected chi connectivity index (χ0v) is 13.7. The third kappa shape index (κ3) is 2.26. The average Bonchev–Trinajstić information content (AvgIpc) is 2.95. The Morgan fingerprint density at radius 2 is 1.88 bits per heavy atom. The van der Waals surface area contributed by atoms with Gasteiger partial charge in [0.1, 0.15) is 11.3 Å². The number of hydrogen-bond donors (Lipinski definition) is 1. The molecule has 0 aliphatic carbocycles. The van der Waals surface area contributed by atoms with Crippen LogP contribution in [-0.2, 0) is 6.54 Å². The second-order valence-electron chi connectivity index (χ2n) is 6.34. The molecule has 0 radical (unpaired) electrons. The van der Waals surface area contributed by atoms with Crippen LogP contribution in [0.4, 0.5) is 8.78 Å². The highest BCUT2D eigenvalue weighted by atomic mass is 19.2. The van der Waals surface area contributed by atoms with Gasteiger partial charge < -0.3 is 9.88 Å². The third-order valence-corrected chi connectivity index (χ3v) is 4.78. The second kappa shape index (κ2) is 5.77. The van der Waals surface area contributed by atoms with Gasteiger partial charge >= 0.3 is 0 Å². The number of aromatic nitrogens is 5. The topological polar surface area (TPSA) is 68.5 Å². The van der Waals surface area contributed by atoms with Crippen LogP contribution in [0.3, 0.4) is 0 Å². The number of hydrogen-bond acceptors (Lipinski definition) is 5. The van der Waals surface area contributed by atoms with Crippen molar-refractivity contribution in [2.24, 2.45) is 0 Å². The Morgan fingerprint density at radius 3 is 2.69 bits per heavy atom. The lowest BCUT2D eigenvalue weighted by molar-refractivity contribution is 0.419. The molecule has 5 rings (SSSR count). The Balaban J connectivity index is 1.68. The van der Waals surface area contributed by atoms with E-state index in [4.69, 9.17) is 0 Å². The van der Waals surface area contributed by atoms with Gasteiger partial charge in [-0.05, 0) is 23.8 Å². The minimum Gasteiger partial charge on any atom is -0.315 e. The van der Waals surface area contributed by atoms with Crippen molar-refractivity contribution in [3.8, 4) is 0 Å². The van der Waals surface area contributed by atoms with Crippen LogP contribution in [-0.4, -0.2) is 37.6 Å².